The van der Waals surface area contributed by atoms with E-state index >= 15 is 0 Å². The molecular formula is C11H9BrN4O2. The van der Waals surface area contributed by atoms with Gasteiger partial charge in [0.2, 0.25) is 0 Å². The fourth-order valence-electron chi connectivity index (χ4n) is 1.40. The molecule has 0 fully saturated rings. The Hall–Kier alpha value is -2.15. The zero-order valence-corrected chi connectivity index (χ0v) is 10.7. The topological polar surface area (TPSA) is 94.1 Å². The molecule has 6 nitrogen and oxygen atoms in total. The van der Waals surface area contributed by atoms with Crippen LogP contribution in [0.5, 0.6) is 0 Å². The average molecular weight is 309 g/mol. The van der Waals surface area contributed by atoms with Gasteiger partial charge in [0, 0.05) is 17.6 Å². The van der Waals surface area contributed by atoms with E-state index in [9.17, 15) is 10.1 Å². The molecule has 92 valence electrons. The Morgan fingerprint density at radius 3 is 2.56 bits per heavy atom. The van der Waals surface area contributed by atoms with Gasteiger partial charge >= 0.3 is 5.69 Å². The number of halogens is 1. The van der Waals surface area contributed by atoms with Gasteiger partial charge in [0.1, 0.15) is 11.9 Å². The van der Waals surface area contributed by atoms with Crippen molar-refractivity contribution in [1.29, 1.82) is 0 Å². The number of nitrogens with two attached hydrogens (primary N) is 1. The summed E-state index contributed by atoms with van der Waals surface area (Å²) in [4.78, 5) is 14.2. The van der Waals surface area contributed by atoms with Crippen LogP contribution < -0.4 is 11.1 Å². The molecule has 0 amide bonds. The molecule has 2 rings (SSSR count). The Balaban J connectivity index is 2.39. The van der Waals surface area contributed by atoms with Gasteiger partial charge in [0.25, 0.3) is 0 Å². The third kappa shape index (κ3) is 2.57. The summed E-state index contributed by atoms with van der Waals surface area (Å²) in [5, 5.41) is 13.9. The van der Waals surface area contributed by atoms with Crippen LogP contribution in [0.1, 0.15) is 0 Å². The van der Waals surface area contributed by atoms with Crippen molar-refractivity contribution in [1.82, 2.24) is 4.98 Å². The molecule has 0 radical (unpaired) electrons. The summed E-state index contributed by atoms with van der Waals surface area (Å²) in [7, 11) is 0. The van der Waals surface area contributed by atoms with E-state index in [4.69, 9.17) is 5.73 Å². The smallest absolute Gasteiger partial charge is 0.311 e. The maximum absolute atomic E-state index is 10.9. The van der Waals surface area contributed by atoms with Crippen LogP contribution in [0.2, 0.25) is 0 Å². The first-order chi connectivity index (χ1) is 8.58. The van der Waals surface area contributed by atoms with E-state index in [2.05, 4.69) is 26.2 Å². The van der Waals surface area contributed by atoms with Crippen LogP contribution in [-0.2, 0) is 0 Å². The average Bonchev–Trinajstić information content (AvgIpc) is 2.34. The molecule has 0 unspecified atom stereocenters. The van der Waals surface area contributed by atoms with Gasteiger partial charge < -0.3 is 11.1 Å². The minimum Gasteiger partial charge on any atom is -0.399 e. The highest BCUT2D eigenvalue weighted by molar-refractivity contribution is 9.10. The van der Waals surface area contributed by atoms with Crippen LogP contribution in [0.4, 0.5) is 22.7 Å². The van der Waals surface area contributed by atoms with Crippen molar-refractivity contribution >= 4 is 38.7 Å². The van der Waals surface area contributed by atoms with Gasteiger partial charge in [-0.2, -0.15) is 0 Å². The second-order valence-electron chi connectivity index (χ2n) is 3.52. The Bertz CT molecular complexity index is 586. The highest BCUT2D eigenvalue weighted by Crippen LogP contribution is 2.33. The third-order valence-corrected chi connectivity index (χ3v) is 2.86. The molecule has 18 heavy (non-hydrogen) atoms. The number of nitrogens with zero attached hydrogens (tertiary/aromatic N) is 2. The molecule has 7 heteroatoms. The standard InChI is InChI=1S/C11H9BrN4O2/c12-9-5-14-6-10(16(17)18)11(9)15-8-3-1-7(13)2-4-8/h1-6H,13H2,(H,14,15). The van der Waals surface area contributed by atoms with Crippen molar-refractivity contribution in [3.05, 3.63) is 51.2 Å². The van der Waals surface area contributed by atoms with Crippen molar-refractivity contribution in [2.24, 2.45) is 0 Å². The minimum absolute atomic E-state index is 0.0961. The first-order valence-electron chi connectivity index (χ1n) is 4.98. The summed E-state index contributed by atoms with van der Waals surface area (Å²) < 4.78 is 0.522. The minimum atomic E-state index is -0.489. The van der Waals surface area contributed by atoms with Crippen molar-refractivity contribution in [3.8, 4) is 0 Å². The Kier molecular flexibility index (Phi) is 3.42. The van der Waals surface area contributed by atoms with Crippen LogP contribution in [0, 0.1) is 10.1 Å². The highest BCUT2D eigenvalue weighted by Gasteiger charge is 2.17. The monoisotopic (exact) mass is 308 g/mol. The van der Waals surface area contributed by atoms with Gasteiger partial charge in [-0.05, 0) is 40.2 Å². The number of aromatic nitrogens is 1. The van der Waals surface area contributed by atoms with Crippen molar-refractivity contribution in [2.45, 2.75) is 0 Å². The van der Waals surface area contributed by atoms with Gasteiger partial charge in [-0.3, -0.25) is 15.1 Å². The fourth-order valence-corrected chi connectivity index (χ4v) is 1.82. The molecule has 0 saturated carbocycles. The van der Waals surface area contributed by atoms with Gasteiger partial charge in [0.05, 0.1) is 9.40 Å². The Labute approximate surface area is 111 Å². The van der Waals surface area contributed by atoms with E-state index in [1.54, 1.807) is 24.3 Å². The molecule has 3 N–H and O–H groups in total. The van der Waals surface area contributed by atoms with Gasteiger partial charge in [-0.1, -0.05) is 0 Å². The predicted octanol–water partition coefficient (Wildman–Crippen LogP) is 3.08. The summed E-state index contributed by atoms with van der Waals surface area (Å²) in [5.74, 6) is 0. The Morgan fingerprint density at radius 2 is 1.94 bits per heavy atom. The highest BCUT2D eigenvalue weighted by atomic mass is 79.9. The molecule has 0 aliphatic carbocycles. The van der Waals surface area contributed by atoms with Crippen molar-refractivity contribution < 1.29 is 4.92 Å². The molecule has 0 aliphatic rings. The maximum atomic E-state index is 10.9. The molecule has 0 saturated heterocycles. The summed E-state index contributed by atoms with van der Waals surface area (Å²) >= 11 is 3.23. The number of anilines is 3. The molecule has 1 aromatic heterocycles. The van der Waals surface area contributed by atoms with Crippen LogP contribution in [-0.4, -0.2) is 9.91 Å². The first-order valence-corrected chi connectivity index (χ1v) is 5.77. The zero-order chi connectivity index (χ0) is 13.1. The molecule has 0 atom stereocenters. The van der Waals surface area contributed by atoms with Crippen LogP contribution in [0.15, 0.2) is 41.1 Å². The largest absolute Gasteiger partial charge is 0.399 e. The predicted molar refractivity (Wildman–Crippen MR) is 72.7 cm³/mol. The molecule has 1 heterocycles. The van der Waals surface area contributed by atoms with E-state index in [0.717, 1.165) is 0 Å². The fraction of sp³-hybridized carbons (Fsp3) is 0. The maximum Gasteiger partial charge on any atom is 0.311 e. The van der Waals surface area contributed by atoms with Crippen molar-refractivity contribution in [2.75, 3.05) is 11.1 Å². The molecule has 0 bridgehead atoms. The summed E-state index contributed by atoms with van der Waals surface area (Å²) in [6.45, 7) is 0. The lowest BCUT2D eigenvalue weighted by molar-refractivity contribution is -0.384. The van der Waals surface area contributed by atoms with Crippen molar-refractivity contribution in [3.63, 3.8) is 0 Å². The Morgan fingerprint density at radius 1 is 1.28 bits per heavy atom. The number of pyridine rings is 1. The lowest BCUT2D eigenvalue weighted by Crippen LogP contribution is -1.99. The first kappa shape index (κ1) is 12.3. The van der Waals surface area contributed by atoms with E-state index in [-0.39, 0.29) is 5.69 Å². The number of nitrogens with one attached hydrogen (secondary N) is 1. The van der Waals surface area contributed by atoms with Gasteiger partial charge in [-0.25, -0.2) is 0 Å². The quantitative estimate of drug-likeness (QED) is 0.516. The molecule has 0 spiro atoms. The van der Waals surface area contributed by atoms with E-state index in [0.29, 0.717) is 21.5 Å². The zero-order valence-electron chi connectivity index (χ0n) is 9.13. The van der Waals surface area contributed by atoms with E-state index < -0.39 is 4.92 Å². The van der Waals surface area contributed by atoms with E-state index in [1.807, 2.05) is 0 Å². The van der Waals surface area contributed by atoms with Gasteiger partial charge in [0.15, 0.2) is 0 Å². The lowest BCUT2D eigenvalue weighted by Gasteiger charge is -2.08. The van der Waals surface area contributed by atoms with Gasteiger partial charge in [-0.15, -0.1) is 0 Å². The lowest BCUT2D eigenvalue weighted by atomic mass is 10.2. The molecule has 0 aliphatic heterocycles. The second-order valence-corrected chi connectivity index (χ2v) is 4.37. The molecule has 2 aromatic rings. The summed E-state index contributed by atoms with van der Waals surface area (Å²) in [5.41, 5.74) is 7.17. The number of hydrogen-bond donors (Lipinski definition) is 2. The van der Waals surface area contributed by atoms with Crippen LogP contribution >= 0.6 is 15.9 Å². The number of nitro groups is 1. The molecular weight excluding hydrogens is 300 g/mol. The number of nitrogen functional groups attached to an aromatic ring is 1. The summed E-state index contributed by atoms with van der Waals surface area (Å²) in [6, 6.07) is 6.91. The van der Waals surface area contributed by atoms with Crippen LogP contribution in [0.3, 0.4) is 0 Å². The summed E-state index contributed by atoms with van der Waals surface area (Å²) in [6.07, 6.45) is 2.69. The third-order valence-electron chi connectivity index (χ3n) is 2.26. The van der Waals surface area contributed by atoms with E-state index in [1.165, 1.54) is 12.4 Å². The second kappa shape index (κ2) is 5.01. The van der Waals surface area contributed by atoms with Crippen LogP contribution in [0.25, 0.3) is 0 Å². The number of hydrogen-bond acceptors (Lipinski definition) is 5. The SMILES string of the molecule is Nc1ccc(Nc2c(Br)cncc2[N+](=O)[O-])cc1. The normalized spacial score (nSPS) is 10.1. The number of rotatable bonds is 3. The molecule has 1 aromatic carbocycles. The number of benzene rings is 1.